The van der Waals surface area contributed by atoms with Crippen LogP contribution in [0.25, 0.3) is 5.70 Å². The number of aromatic nitrogens is 1. The van der Waals surface area contributed by atoms with Crippen LogP contribution in [0.4, 0.5) is 0 Å². The molecule has 1 aromatic rings. The molecule has 3 aliphatic heterocycles. The largest absolute Gasteiger partial charge is 0.374 e. The van der Waals surface area contributed by atoms with Crippen LogP contribution in [-0.2, 0) is 0 Å². The van der Waals surface area contributed by atoms with E-state index in [4.69, 9.17) is 4.99 Å². The highest BCUT2D eigenvalue weighted by Crippen LogP contribution is 2.27. The summed E-state index contributed by atoms with van der Waals surface area (Å²) in [6, 6.07) is 4.30. The molecule has 0 radical (unpaired) electrons. The summed E-state index contributed by atoms with van der Waals surface area (Å²) in [6.45, 7) is 13.8. The topological polar surface area (TPSA) is 38.2 Å². The Hall–Kier alpha value is -2.60. The standard InChI is InChI=1S/C23H32N6/c1-18-16-21(20-8-10-24-11-9-20)25-23(27(18)4)29-15-14-26(3)22(17-29)19(2)28-12-6-5-7-13-28/h8-11,16,22H,1-2,5-7,12-15,17H2,3-4H3. The second-order valence-corrected chi connectivity index (χ2v) is 8.21. The number of nitrogens with zero attached hydrogens (tertiary/aromatic N) is 6. The van der Waals surface area contributed by atoms with E-state index in [9.17, 15) is 0 Å². The van der Waals surface area contributed by atoms with Gasteiger partial charge in [0.1, 0.15) is 0 Å². The quantitative estimate of drug-likeness (QED) is 0.791. The number of hydrogen-bond donors (Lipinski definition) is 0. The van der Waals surface area contributed by atoms with Gasteiger partial charge in [0.25, 0.3) is 0 Å². The van der Waals surface area contributed by atoms with Crippen molar-refractivity contribution in [3.63, 3.8) is 0 Å². The van der Waals surface area contributed by atoms with Crippen LogP contribution >= 0.6 is 0 Å². The fraction of sp³-hybridized carbons (Fsp3) is 0.478. The molecule has 6 heteroatoms. The van der Waals surface area contributed by atoms with Crippen LogP contribution in [0.15, 0.2) is 60.1 Å². The summed E-state index contributed by atoms with van der Waals surface area (Å²) < 4.78 is 0. The highest BCUT2D eigenvalue weighted by molar-refractivity contribution is 5.91. The minimum Gasteiger partial charge on any atom is -0.374 e. The molecule has 3 aliphatic rings. The summed E-state index contributed by atoms with van der Waals surface area (Å²) in [5.41, 5.74) is 4.21. The normalized spacial score (nSPS) is 23.7. The molecule has 0 spiro atoms. The van der Waals surface area contributed by atoms with E-state index >= 15 is 0 Å². The number of likely N-dealkylation sites (N-methyl/N-ethyl adjacent to an activating group) is 2. The number of piperazine rings is 1. The third kappa shape index (κ3) is 4.08. The Labute approximate surface area is 174 Å². The lowest BCUT2D eigenvalue weighted by Crippen LogP contribution is -2.58. The van der Waals surface area contributed by atoms with Crippen molar-refractivity contribution in [2.75, 3.05) is 46.8 Å². The SMILES string of the molecule is C=C(C1CN(C2=NC(c3ccncc3)=CC(=C)N2C)CCN1C)N1CCCCC1. The van der Waals surface area contributed by atoms with Gasteiger partial charge in [-0.05, 0) is 44.5 Å². The first-order chi connectivity index (χ1) is 14.0. The smallest absolute Gasteiger partial charge is 0.206 e. The highest BCUT2D eigenvalue weighted by atomic mass is 15.4. The second-order valence-electron chi connectivity index (χ2n) is 8.21. The van der Waals surface area contributed by atoms with Crippen molar-refractivity contribution in [1.29, 1.82) is 0 Å². The fourth-order valence-corrected chi connectivity index (χ4v) is 4.36. The van der Waals surface area contributed by atoms with Gasteiger partial charge in [-0.25, -0.2) is 4.99 Å². The first kappa shape index (κ1) is 19.7. The predicted molar refractivity (Wildman–Crippen MR) is 119 cm³/mol. The molecule has 154 valence electrons. The molecular weight excluding hydrogens is 360 g/mol. The Balaban J connectivity index is 1.56. The lowest BCUT2D eigenvalue weighted by atomic mass is 10.0. The maximum absolute atomic E-state index is 5.02. The van der Waals surface area contributed by atoms with Crippen molar-refractivity contribution < 1.29 is 0 Å². The van der Waals surface area contributed by atoms with Crippen LogP contribution in [0.1, 0.15) is 24.8 Å². The van der Waals surface area contributed by atoms with Crippen molar-refractivity contribution in [2.24, 2.45) is 4.99 Å². The Kier molecular flexibility index (Phi) is 5.72. The van der Waals surface area contributed by atoms with Crippen molar-refractivity contribution in [3.8, 4) is 0 Å². The molecule has 1 aromatic heterocycles. The Morgan fingerprint density at radius 1 is 1.03 bits per heavy atom. The number of rotatable bonds is 3. The molecule has 0 N–H and O–H groups in total. The molecule has 0 aliphatic carbocycles. The van der Waals surface area contributed by atoms with E-state index in [-0.39, 0.29) is 0 Å². The summed E-state index contributed by atoms with van der Waals surface area (Å²) in [5, 5.41) is 0. The van der Waals surface area contributed by atoms with E-state index < -0.39 is 0 Å². The van der Waals surface area contributed by atoms with Gasteiger partial charge in [-0.15, -0.1) is 0 Å². The first-order valence-corrected chi connectivity index (χ1v) is 10.6. The van der Waals surface area contributed by atoms with Crippen molar-refractivity contribution >= 4 is 11.7 Å². The van der Waals surface area contributed by atoms with Crippen LogP contribution < -0.4 is 0 Å². The molecule has 0 aromatic carbocycles. The molecule has 1 unspecified atom stereocenters. The van der Waals surface area contributed by atoms with Crippen molar-refractivity contribution in [1.82, 2.24) is 24.6 Å². The minimum atomic E-state index is 0.307. The van der Waals surface area contributed by atoms with Crippen LogP contribution in [0.2, 0.25) is 0 Å². The Bertz CT molecular complexity index is 821. The van der Waals surface area contributed by atoms with Gasteiger partial charge < -0.3 is 14.7 Å². The Morgan fingerprint density at radius 3 is 2.48 bits per heavy atom. The zero-order valence-electron chi connectivity index (χ0n) is 17.7. The molecular formula is C23H32N6. The van der Waals surface area contributed by atoms with Crippen LogP contribution in [0, 0.1) is 0 Å². The molecule has 1 atom stereocenters. The minimum absolute atomic E-state index is 0.307. The molecule has 29 heavy (non-hydrogen) atoms. The number of pyridine rings is 1. The fourth-order valence-electron chi connectivity index (χ4n) is 4.36. The highest BCUT2D eigenvalue weighted by Gasteiger charge is 2.33. The number of guanidine groups is 1. The van der Waals surface area contributed by atoms with E-state index in [1.165, 1.54) is 25.0 Å². The molecule has 0 amide bonds. The summed E-state index contributed by atoms with van der Waals surface area (Å²) in [5.74, 6) is 0.967. The second kappa shape index (κ2) is 8.41. The average Bonchev–Trinajstić information content (AvgIpc) is 2.77. The molecule has 0 saturated carbocycles. The van der Waals surface area contributed by atoms with E-state index in [2.05, 4.69) is 44.8 Å². The van der Waals surface area contributed by atoms with Crippen LogP contribution in [0.3, 0.4) is 0 Å². The lowest BCUT2D eigenvalue weighted by molar-refractivity contribution is 0.124. The summed E-state index contributed by atoms with van der Waals surface area (Å²) >= 11 is 0. The molecule has 2 fully saturated rings. The van der Waals surface area contributed by atoms with Gasteiger partial charge in [0.15, 0.2) is 0 Å². The van der Waals surface area contributed by atoms with Crippen LogP contribution in [0.5, 0.6) is 0 Å². The van der Waals surface area contributed by atoms with E-state index in [1.807, 2.05) is 25.3 Å². The van der Waals surface area contributed by atoms with Crippen LogP contribution in [-0.4, -0.2) is 83.4 Å². The van der Waals surface area contributed by atoms with E-state index in [0.717, 1.165) is 55.6 Å². The summed E-state index contributed by atoms with van der Waals surface area (Å²) in [6.07, 6.45) is 9.54. The van der Waals surface area contributed by atoms with Crippen molar-refractivity contribution in [3.05, 3.63) is 60.7 Å². The van der Waals surface area contributed by atoms with Gasteiger partial charge in [0, 0.05) is 69.1 Å². The summed E-state index contributed by atoms with van der Waals surface area (Å²) in [4.78, 5) is 18.5. The molecule has 4 heterocycles. The number of hydrogen-bond acceptors (Lipinski definition) is 6. The monoisotopic (exact) mass is 392 g/mol. The van der Waals surface area contributed by atoms with Gasteiger partial charge in [-0.2, -0.15) is 0 Å². The molecule has 6 nitrogen and oxygen atoms in total. The third-order valence-corrected chi connectivity index (χ3v) is 6.31. The number of piperidine rings is 1. The molecule has 0 bridgehead atoms. The van der Waals surface area contributed by atoms with Gasteiger partial charge in [-0.1, -0.05) is 13.2 Å². The number of allylic oxidation sites excluding steroid dienone is 1. The van der Waals surface area contributed by atoms with Gasteiger partial charge in [0.05, 0.1) is 11.7 Å². The predicted octanol–water partition coefficient (Wildman–Crippen LogP) is 2.85. The summed E-state index contributed by atoms with van der Waals surface area (Å²) in [7, 11) is 4.26. The number of aliphatic imine (C=N–C) groups is 1. The van der Waals surface area contributed by atoms with Gasteiger partial charge in [-0.3, -0.25) is 9.88 Å². The average molecular weight is 393 g/mol. The molecule has 2 saturated heterocycles. The third-order valence-electron chi connectivity index (χ3n) is 6.31. The maximum atomic E-state index is 5.02. The van der Waals surface area contributed by atoms with Crippen molar-refractivity contribution in [2.45, 2.75) is 25.3 Å². The Morgan fingerprint density at radius 2 is 1.76 bits per heavy atom. The zero-order valence-corrected chi connectivity index (χ0v) is 17.7. The molecule has 4 rings (SSSR count). The lowest BCUT2D eigenvalue weighted by Gasteiger charge is -2.46. The first-order valence-electron chi connectivity index (χ1n) is 10.6. The van der Waals surface area contributed by atoms with E-state index in [0.29, 0.717) is 6.04 Å². The van der Waals surface area contributed by atoms with Gasteiger partial charge >= 0.3 is 0 Å². The van der Waals surface area contributed by atoms with E-state index in [1.54, 1.807) is 12.4 Å². The maximum Gasteiger partial charge on any atom is 0.206 e. The zero-order chi connectivity index (χ0) is 20.4. The van der Waals surface area contributed by atoms with Gasteiger partial charge in [0.2, 0.25) is 5.96 Å². The number of likely N-dealkylation sites (tertiary alicyclic amines) is 1.